The molecule has 1 rings (SSSR count). The Bertz CT molecular complexity index is 510. The van der Waals surface area contributed by atoms with E-state index >= 15 is 0 Å². The van der Waals surface area contributed by atoms with Crippen molar-refractivity contribution < 1.29 is 19.1 Å². The molecule has 1 aromatic carbocycles. The van der Waals surface area contributed by atoms with Gasteiger partial charge in [0.2, 0.25) is 0 Å². The Labute approximate surface area is 123 Å². The summed E-state index contributed by atoms with van der Waals surface area (Å²) in [5, 5.41) is 11.2. The molecule has 0 spiro atoms. The highest BCUT2D eigenvalue weighted by molar-refractivity contribution is 5.87. The van der Waals surface area contributed by atoms with Crippen LogP contribution in [0.15, 0.2) is 30.3 Å². The Hall–Kier alpha value is -2.39. The molecule has 0 unspecified atom stereocenters. The summed E-state index contributed by atoms with van der Waals surface area (Å²) in [5.41, 5.74) is 0.682. The lowest BCUT2D eigenvalue weighted by Gasteiger charge is -2.20. The number of carbonyl (C=O) groups excluding carboxylic acids is 2. The molecular weight excluding hydrogens is 272 g/mol. The molecule has 1 aromatic rings. The molecule has 6 heteroatoms. The molecule has 0 fully saturated rings. The van der Waals surface area contributed by atoms with Gasteiger partial charge in [-0.1, -0.05) is 30.3 Å². The lowest BCUT2D eigenvalue weighted by Crippen LogP contribution is -2.44. The number of methoxy groups -OCH3 is 2. The first kappa shape index (κ1) is 16.7. The van der Waals surface area contributed by atoms with Crippen LogP contribution in [0, 0.1) is 11.3 Å². The van der Waals surface area contributed by atoms with E-state index in [1.807, 2.05) is 12.1 Å². The van der Waals surface area contributed by atoms with Crippen LogP contribution in [0.25, 0.3) is 0 Å². The van der Waals surface area contributed by atoms with Gasteiger partial charge in [-0.05, 0) is 12.0 Å². The lowest BCUT2D eigenvalue weighted by atomic mass is 10.1. The standard InChI is InChI=1S/C15H18N2O4/c1-20-13(11-7-4-3-5-8-11)14(18)17-12(9-6-10-16)15(19)21-2/h3-5,7-8,12-13H,6,9H2,1-2H3,(H,17,18)/t12-,13-/m1/s1. The summed E-state index contributed by atoms with van der Waals surface area (Å²) in [6.45, 7) is 0. The van der Waals surface area contributed by atoms with Crippen LogP contribution < -0.4 is 5.32 Å². The predicted molar refractivity (Wildman–Crippen MR) is 75.0 cm³/mol. The minimum Gasteiger partial charge on any atom is -0.467 e. The van der Waals surface area contributed by atoms with Crippen LogP contribution in [0.4, 0.5) is 0 Å². The molecule has 0 aromatic heterocycles. The van der Waals surface area contributed by atoms with Crippen LogP contribution >= 0.6 is 0 Å². The van der Waals surface area contributed by atoms with Gasteiger partial charge < -0.3 is 14.8 Å². The Morgan fingerprint density at radius 1 is 1.29 bits per heavy atom. The Morgan fingerprint density at radius 3 is 2.48 bits per heavy atom. The number of hydrogen-bond donors (Lipinski definition) is 1. The van der Waals surface area contributed by atoms with Crippen molar-refractivity contribution in [3.05, 3.63) is 35.9 Å². The SMILES string of the molecule is COC(=O)[C@@H](CCC#N)NC(=O)[C@H](OC)c1ccccc1. The number of nitrogens with one attached hydrogen (secondary N) is 1. The first-order chi connectivity index (χ1) is 10.1. The summed E-state index contributed by atoms with van der Waals surface area (Å²) in [6.07, 6.45) is -0.483. The molecular formula is C15H18N2O4. The van der Waals surface area contributed by atoms with Crippen molar-refractivity contribution in [2.75, 3.05) is 14.2 Å². The van der Waals surface area contributed by atoms with E-state index in [1.54, 1.807) is 24.3 Å². The fourth-order valence-electron chi connectivity index (χ4n) is 1.87. The Morgan fingerprint density at radius 2 is 1.95 bits per heavy atom. The molecule has 0 aliphatic heterocycles. The molecule has 0 heterocycles. The normalized spacial score (nSPS) is 12.8. The summed E-state index contributed by atoms with van der Waals surface area (Å²) >= 11 is 0. The second-order valence-corrected chi connectivity index (χ2v) is 4.31. The predicted octanol–water partition coefficient (Wildman–Crippen LogP) is 1.34. The monoisotopic (exact) mass is 290 g/mol. The van der Waals surface area contributed by atoms with Gasteiger partial charge in [0.1, 0.15) is 6.04 Å². The van der Waals surface area contributed by atoms with Crippen molar-refractivity contribution in [2.45, 2.75) is 25.0 Å². The molecule has 0 radical (unpaired) electrons. The third kappa shape index (κ3) is 4.89. The molecule has 0 saturated heterocycles. The van der Waals surface area contributed by atoms with Crippen molar-refractivity contribution >= 4 is 11.9 Å². The fraction of sp³-hybridized carbons (Fsp3) is 0.400. The van der Waals surface area contributed by atoms with Gasteiger partial charge in [0, 0.05) is 13.5 Å². The van der Waals surface area contributed by atoms with E-state index in [-0.39, 0.29) is 12.8 Å². The molecule has 0 aliphatic rings. The minimum atomic E-state index is -0.858. The smallest absolute Gasteiger partial charge is 0.328 e. The van der Waals surface area contributed by atoms with Crippen LogP contribution in [-0.4, -0.2) is 32.1 Å². The maximum Gasteiger partial charge on any atom is 0.328 e. The highest BCUT2D eigenvalue weighted by atomic mass is 16.5. The summed E-state index contributed by atoms with van der Waals surface area (Å²) in [7, 11) is 2.65. The highest BCUT2D eigenvalue weighted by Gasteiger charge is 2.26. The van der Waals surface area contributed by atoms with E-state index in [4.69, 9.17) is 10.00 Å². The number of nitrogens with zero attached hydrogens (tertiary/aromatic N) is 1. The maximum atomic E-state index is 12.2. The van der Waals surface area contributed by atoms with Crippen molar-refractivity contribution in [2.24, 2.45) is 0 Å². The van der Waals surface area contributed by atoms with E-state index in [0.29, 0.717) is 5.56 Å². The topological polar surface area (TPSA) is 88.4 Å². The van der Waals surface area contributed by atoms with Crippen molar-refractivity contribution in [1.29, 1.82) is 5.26 Å². The molecule has 1 amide bonds. The number of rotatable bonds is 7. The molecule has 0 bridgehead atoms. The fourth-order valence-corrected chi connectivity index (χ4v) is 1.87. The lowest BCUT2D eigenvalue weighted by molar-refractivity contribution is -0.147. The quantitative estimate of drug-likeness (QED) is 0.765. The number of carbonyl (C=O) groups is 2. The van der Waals surface area contributed by atoms with Gasteiger partial charge in [-0.3, -0.25) is 4.79 Å². The highest BCUT2D eigenvalue weighted by Crippen LogP contribution is 2.16. The third-order valence-corrected chi connectivity index (χ3v) is 2.92. The Kier molecular flexibility index (Phi) is 6.92. The summed E-state index contributed by atoms with van der Waals surface area (Å²) in [5.74, 6) is -1.03. The average Bonchev–Trinajstić information content (AvgIpc) is 2.52. The zero-order valence-corrected chi connectivity index (χ0v) is 12.0. The molecule has 112 valence electrons. The Balaban J connectivity index is 2.79. The van der Waals surface area contributed by atoms with Gasteiger partial charge in [0.15, 0.2) is 6.10 Å². The molecule has 1 N–H and O–H groups in total. The van der Waals surface area contributed by atoms with Gasteiger partial charge >= 0.3 is 5.97 Å². The summed E-state index contributed by atoms with van der Waals surface area (Å²) in [4.78, 5) is 23.9. The average molecular weight is 290 g/mol. The largest absolute Gasteiger partial charge is 0.467 e. The number of amides is 1. The van der Waals surface area contributed by atoms with Crippen molar-refractivity contribution in [3.63, 3.8) is 0 Å². The van der Waals surface area contributed by atoms with Crippen LogP contribution in [0.1, 0.15) is 24.5 Å². The third-order valence-electron chi connectivity index (χ3n) is 2.92. The molecule has 2 atom stereocenters. The second kappa shape index (κ2) is 8.72. The van der Waals surface area contributed by atoms with Crippen LogP contribution in [0.2, 0.25) is 0 Å². The number of ether oxygens (including phenoxy) is 2. The number of hydrogen-bond acceptors (Lipinski definition) is 5. The molecule has 0 saturated carbocycles. The minimum absolute atomic E-state index is 0.142. The zero-order valence-electron chi connectivity index (χ0n) is 12.0. The first-order valence-corrected chi connectivity index (χ1v) is 6.47. The summed E-state index contributed by atoms with van der Waals surface area (Å²) in [6, 6.07) is 10.0. The molecule has 0 aliphatic carbocycles. The van der Waals surface area contributed by atoms with E-state index in [1.165, 1.54) is 14.2 Å². The number of nitriles is 1. The van der Waals surface area contributed by atoms with Gasteiger partial charge in [0.05, 0.1) is 13.2 Å². The molecule has 21 heavy (non-hydrogen) atoms. The summed E-state index contributed by atoms with van der Waals surface area (Å²) < 4.78 is 9.81. The van der Waals surface area contributed by atoms with E-state index in [2.05, 4.69) is 10.1 Å². The molecule has 6 nitrogen and oxygen atoms in total. The van der Waals surface area contributed by atoms with Crippen molar-refractivity contribution in [3.8, 4) is 6.07 Å². The van der Waals surface area contributed by atoms with Gasteiger partial charge in [-0.2, -0.15) is 5.26 Å². The maximum absolute atomic E-state index is 12.2. The van der Waals surface area contributed by atoms with E-state index in [9.17, 15) is 9.59 Å². The van der Waals surface area contributed by atoms with Gasteiger partial charge in [0.25, 0.3) is 5.91 Å². The van der Waals surface area contributed by atoms with Crippen LogP contribution in [0.5, 0.6) is 0 Å². The second-order valence-electron chi connectivity index (χ2n) is 4.31. The van der Waals surface area contributed by atoms with Gasteiger partial charge in [-0.25, -0.2) is 4.79 Å². The number of esters is 1. The zero-order chi connectivity index (χ0) is 15.7. The van der Waals surface area contributed by atoms with Crippen LogP contribution in [-0.2, 0) is 19.1 Å². The van der Waals surface area contributed by atoms with Crippen LogP contribution in [0.3, 0.4) is 0 Å². The first-order valence-electron chi connectivity index (χ1n) is 6.47. The van der Waals surface area contributed by atoms with Gasteiger partial charge in [-0.15, -0.1) is 0 Å². The van der Waals surface area contributed by atoms with E-state index in [0.717, 1.165) is 0 Å². The van der Waals surface area contributed by atoms with E-state index < -0.39 is 24.0 Å². The van der Waals surface area contributed by atoms with Crippen molar-refractivity contribution in [1.82, 2.24) is 5.32 Å². The number of benzene rings is 1.